The lowest BCUT2D eigenvalue weighted by Crippen LogP contribution is -2.67. The molecule has 4 nitrogen and oxygen atoms in total. The van der Waals surface area contributed by atoms with E-state index >= 15 is 0 Å². The van der Waals surface area contributed by atoms with Crippen LogP contribution in [0.2, 0.25) is 0 Å². The first kappa shape index (κ1) is 19.0. The topological polar surface area (TPSA) is 46.9 Å². The minimum Gasteiger partial charge on any atom is -0.395 e. The Balaban J connectivity index is 1.50. The molecule has 2 heterocycles. The average molecular weight is 369 g/mol. The van der Waals surface area contributed by atoms with E-state index < -0.39 is 6.10 Å². The fraction of sp³-hybridized carbons (Fsp3) is 0.652. The van der Waals surface area contributed by atoms with Crippen LogP contribution < -0.4 is 0 Å². The molecule has 1 aromatic carbocycles. The van der Waals surface area contributed by atoms with Gasteiger partial charge in [0.15, 0.2) is 0 Å². The number of aliphatic hydroxyl groups is 2. The van der Waals surface area contributed by atoms with Crippen LogP contribution in [0.4, 0.5) is 0 Å². The number of nitrogens with zero attached hydrogens (tertiary/aromatic N) is 2. The Hall–Kier alpha value is -1.38. The van der Waals surface area contributed by atoms with Gasteiger partial charge in [0.05, 0.1) is 6.61 Å². The number of hydrogen-bond acceptors (Lipinski definition) is 4. The minimum absolute atomic E-state index is 0.230. The summed E-state index contributed by atoms with van der Waals surface area (Å²) < 4.78 is 0. The summed E-state index contributed by atoms with van der Waals surface area (Å²) >= 11 is 0. The lowest BCUT2D eigenvalue weighted by atomic mass is 9.74. The molecule has 0 amide bonds. The zero-order valence-electron chi connectivity index (χ0n) is 16.3. The standard InChI is InChI=1S/C23H32N2O2/c1-17(27)4-5-18-8-10-20(11-9-18)23-21-15-24(14-19-6-7-19)12-2-3-13-25(21)22(23)16-26/h8-11,17,19,21-23,26-27H,2-3,6-7,12-16H2,1H3/t17-,21-,22-,23+/m1/s1. The molecule has 4 rings (SSSR count). The molecule has 3 fully saturated rings. The summed E-state index contributed by atoms with van der Waals surface area (Å²) in [6.07, 6.45) is 4.71. The minimum atomic E-state index is -0.601. The summed E-state index contributed by atoms with van der Waals surface area (Å²) in [7, 11) is 0. The summed E-state index contributed by atoms with van der Waals surface area (Å²) in [4.78, 5) is 5.22. The molecular weight excluding hydrogens is 336 g/mol. The van der Waals surface area contributed by atoms with Crippen molar-refractivity contribution >= 4 is 0 Å². The Kier molecular flexibility index (Phi) is 5.85. The van der Waals surface area contributed by atoms with Gasteiger partial charge in [0, 0.05) is 36.7 Å². The SMILES string of the molecule is C[C@@H](O)C#Cc1ccc([C@@H]2[C@@H](CO)N3CCCCN(CC4CC4)C[C@H]23)cc1. The molecule has 2 N–H and O–H groups in total. The third-order valence-electron chi connectivity index (χ3n) is 6.39. The van der Waals surface area contributed by atoms with Crippen LogP contribution in [0.1, 0.15) is 49.7 Å². The highest BCUT2D eigenvalue weighted by Gasteiger charge is 2.49. The smallest absolute Gasteiger partial charge is 0.112 e. The van der Waals surface area contributed by atoms with Crippen molar-refractivity contribution in [2.24, 2.45) is 5.92 Å². The van der Waals surface area contributed by atoms with Crippen LogP contribution in [-0.2, 0) is 0 Å². The Morgan fingerprint density at radius 1 is 1.15 bits per heavy atom. The molecule has 2 aliphatic heterocycles. The number of fused-ring (bicyclic) bond motifs is 1. The molecule has 4 atom stereocenters. The molecule has 0 radical (unpaired) electrons. The van der Waals surface area contributed by atoms with Crippen LogP contribution in [0.25, 0.3) is 0 Å². The van der Waals surface area contributed by atoms with Gasteiger partial charge in [-0.1, -0.05) is 24.0 Å². The molecule has 2 saturated heterocycles. The lowest BCUT2D eigenvalue weighted by molar-refractivity contribution is -0.0649. The Labute approximate surface area is 163 Å². The van der Waals surface area contributed by atoms with Crippen molar-refractivity contribution in [1.82, 2.24) is 9.80 Å². The van der Waals surface area contributed by atoms with Gasteiger partial charge in [-0.15, -0.1) is 0 Å². The molecule has 27 heavy (non-hydrogen) atoms. The molecule has 1 aliphatic carbocycles. The van der Waals surface area contributed by atoms with Crippen LogP contribution in [0.3, 0.4) is 0 Å². The van der Waals surface area contributed by atoms with Gasteiger partial charge in [0.2, 0.25) is 0 Å². The maximum Gasteiger partial charge on any atom is 0.112 e. The average Bonchev–Trinajstić information content (AvgIpc) is 3.45. The molecule has 0 spiro atoms. The zero-order chi connectivity index (χ0) is 18.8. The van der Waals surface area contributed by atoms with Crippen molar-refractivity contribution in [2.75, 3.05) is 32.8 Å². The molecule has 1 saturated carbocycles. The van der Waals surface area contributed by atoms with E-state index in [4.69, 9.17) is 0 Å². The second-order valence-corrected chi connectivity index (χ2v) is 8.56. The van der Waals surface area contributed by atoms with E-state index in [1.807, 2.05) is 12.1 Å². The molecule has 0 aromatic heterocycles. The van der Waals surface area contributed by atoms with E-state index in [9.17, 15) is 10.2 Å². The molecule has 0 bridgehead atoms. The molecule has 146 valence electrons. The predicted octanol–water partition coefficient (Wildman–Crippen LogP) is 2.05. The quantitative estimate of drug-likeness (QED) is 0.799. The summed E-state index contributed by atoms with van der Waals surface area (Å²) in [6, 6.07) is 9.18. The lowest BCUT2D eigenvalue weighted by Gasteiger charge is -2.57. The van der Waals surface area contributed by atoms with Crippen molar-refractivity contribution in [3.8, 4) is 11.8 Å². The van der Waals surface area contributed by atoms with E-state index in [2.05, 4.69) is 33.8 Å². The second-order valence-electron chi connectivity index (χ2n) is 8.56. The number of aliphatic hydroxyl groups excluding tert-OH is 2. The monoisotopic (exact) mass is 368 g/mol. The van der Waals surface area contributed by atoms with Gasteiger partial charge in [0.1, 0.15) is 6.10 Å². The van der Waals surface area contributed by atoms with Crippen molar-refractivity contribution in [3.63, 3.8) is 0 Å². The van der Waals surface area contributed by atoms with Crippen molar-refractivity contribution in [2.45, 2.75) is 56.7 Å². The van der Waals surface area contributed by atoms with Gasteiger partial charge in [-0.3, -0.25) is 4.90 Å². The summed E-state index contributed by atoms with van der Waals surface area (Å²) in [6.45, 7) is 6.63. The highest BCUT2D eigenvalue weighted by molar-refractivity contribution is 5.39. The first-order valence-corrected chi connectivity index (χ1v) is 10.5. The fourth-order valence-corrected chi connectivity index (χ4v) is 4.82. The number of hydrogen-bond donors (Lipinski definition) is 2. The van der Waals surface area contributed by atoms with E-state index in [1.54, 1.807) is 6.92 Å². The van der Waals surface area contributed by atoms with E-state index in [0.29, 0.717) is 12.0 Å². The first-order chi connectivity index (χ1) is 13.2. The highest BCUT2D eigenvalue weighted by atomic mass is 16.3. The summed E-state index contributed by atoms with van der Waals surface area (Å²) in [5.74, 6) is 7.14. The maximum atomic E-state index is 10.0. The molecule has 3 aliphatic rings. The Morgan fingerprint density at radius 3 is 2.56 bits per heavy atom. The molecule has 0 unspecified atom stereocenters. The van der Waals surface area contributed by atoms with E-state index in [0.717, 1.165) is 24.6 Å². The first-order valence-electron chi connectivity index (χ1n) is 10.5. The number of rotatable bonds is 4. The third kappa shape index (κ3) is 4.38. The van der Waals surface area contributed by atoms with E-state index in [1.165, 1.54) is 44.3 Å². The van der Waals surface area contributed by atoms with Gasteiger partial charge < -0.3 is 15.1 Å². The van der Waals surface area contributed by atoms with Crippen LogP contribution in [0.15, 0.2) is 24.3 Å². The van der Waals surface area contributed by atoms with Crippen LogP contribution >= 0.6 is 0 Å². The van der Waals surface area contributed by atoms with Crippen LogP contribution in [-0.4, -0.2) is 71.0 Å². The fourth-order valence-electron chi connectivity index (χ4n) is 4.82. The van der Waals surface area contributed by atoms with Gasteiger partial charge in [-0.25, -0.2) is 0 Å². The van der Waals surface area contributed by atoms with Crippen molar-refractivity contribution in [3.05, 3.63) is 35.4 Å². The van der Waals surface area contributed by atoms with E-state index in [-0.39, 0.29) is 12.6 Å². The molecule has 4 heteroatoms. The summed E-state index contributed by atoms with van der Waals surface area (Å²) in [5, 5.41) is 19.4. The van der Waals surface area contributed by atoms with Gasteiger partial charge in [0.25, 0.3) is 0 Å². The predicted molar refractivity (Wildman–Crippen MR) is 108 cm³/mol. The molecular formula is C23H32N2O2. The summed E-state index contributed by atoms with van der Waals surface area (Å²) in [5.41, 5.74) is 2.24. The zero-order valence-corrected chi connectivity index (χ0v) is 16.3. The van der Waals surface area contributed by atoms with Crippen LogP contribution in [0.5, 0.6) is 0 Å². The molecule has 1 aromatic rings. The number of benzene rings is 1. The maximum absolute atomic E-state index is 10.0. The van der Waals surface area contributed by atoms with Gasteiger partial charge in [-0.2, -0.15) is 0 Å². The van der Waals surface area contributed by atoms with Crippen molar-refractivity contribution in [1.29, 1.82) is 0 Å². The Morgan fingerprint density at radius 2 is 1.89 bits per heavy atom. The van der Waals surface area contributed by atoms with Gasteiger partial charge >= 0.3 is 0 Å². The van der Waals surface area contributed by atoms with Crippen molar-refractivity contribution < 1.29 is 10.2 Å². The second kappa shape index (κ2) is 8.32. The van der Waals surface area contributed by atoms with Crippen LogP contribution in [0, 0.1) is 17.8 Å². The largest absolute Gasteiger partial charge is 0.395 e. The van der Waals surface area contributed by atoms with Gasteiger partial charge in [-0.05, 0) is 69.3 Å². The Bertz CT molecular complexity index is 687. The normalized spacial score (nSPS) is 30.3. The highest BCUT2D eigenvalue weighted by Crippen LogP contribution is 2.42. The third-order valence-corrected chi connectivity index (χ3v) is 6.39.